The SMILES string of the molecule is O=C(O)CCn1cnnc1-c1ccc(Cl)cc1. The van der Waals surface area contributed by atoms with Crippen molar-refractivity contribution in [1.29, 1.82) is 0 Å². The number of hydrogen-bond acceptors (Lipinski definition) is 3. The predicted molar refractivity (Wildman–Crippen MR) is 62.7 cm³/mol. The fourth-order valence-electron chi connectivity index (χ4n) is 1.46. The van der Waals surface area contributed by atoms with Crippen LogP contribution in [0.25, 0.3) is 11.4 Å². The minimum absolute atomic E-state index is 0.0403. The van der Waals surface area contributed by atoms with E-state index in [1.807, 2.05) is 12.1 Å². The lowest BCUT2D eigenvalue weighted by Gasteiger charge is -2.04. The second-order valence-corrected chi connectivity index (χ2v) is 3.94. The first-order valence-electron chi connectivity index (χ1n) is 5.02. The number of carbonyl (C=O) groups is 1. The molecule has 0 fully saturated rings. The van der Waals surface area contributed by atoms with Crippen LogP contribution in [0.15, 0.2) is 30.6 Å². The number of carboxylic acids is 1. The smallest absolute Gasteiger partial charge is 0.305 e. The molecular weight excluding hydrogens is 242 g/mol. The Balaban J connectivity index is 2.24. The minimum atomic E-state index is -0.847. The van der Waals surface area contributed by atoms with Gasteiger partial charge in [-0.2, -0.15) is 0 Å². The maximum atomic E-state index is 10.5. The second-order valence-electron chi connectivity index (χ2n) is 3.50. The van der Waals surface area contributed by atoms with Gasteiger partial charge in [-0.1, -0.05) is 11.6 Å². The monoisotopic (exact) mass is 251 g/mol. The summed E-state index contributed by atoms with van der Waals surface area (Å²) in [5, 5.41) is 17.0. The third-order valence-electron chi connectivity index (χ3n) is 2.28. The van der Waals surface area contributed by atoms with Crippen molar-refractivity contribution in [1.82, 2.24) is 14.8 Å². The number of carboxylic acid groups (broad SMARTS) is 1. The number of benzene rings is 1. The van der Waals surface area contributed by atoms with Gasteiger partial charge in [0.1, 0.15) is 6.33 Å². The molecule has 5 nitrogen and oxygen atoms in total. The van der Waals surface area contributed by atoms with Gasteiger partial charge in [0.2, 0.25) is 0 Å². The molecule has 17 heavy (non-hydrogen) atoms. The first kappa shape index (κ1) is 11.6. The Labute approximate surface area is 103 Å². The van der Waals surface area contributed by atoms with Crippen molar-refractivity contribution in [3.63, 3.8) is 0 Å². The third kappa shape index (κ3) is 2.82. The summed E-state index contributed by atoms with van der Waals surface area (Å²) >= 11 is 5.80. The van der Waals surface area contributed by atoms with Gasteiger partial charge in [0.25, 0.3) is 0 Å². The zero-order chi connectivity index (χ0) is 12.3. The molecule has 0 atom stereocenters. The Bertz CT molecular complexity index is 522. The Kier molecular flexibility index (Phi) is 3.39. The molecule has 0 spiro atoms. The van der Waals surface area contributed by atoms with Crippen molar-refractivity contribution in [2.45, 2.75) is 13.0 Å². The summed E-state index contributed by atoms with van der Waals surface area (Å²) in [6.07, 6.45) is 1.56. The summed E-state index contributed by atoms with van der Waals surface area (Å²) in [6, 6.07) is 7.16. The van der Waals surface area contributed by atoms with Crippen LogP contribution < -0.4 is 0 Å². The summed E-state index contributed by atoms with van der Waals surface area (Å²) in [5.41, 5.74) is 0.859. The summed E-state index contributed by atoms with van der Waals surface area (Å²) in [7, 11) is 0. The highest BCUT2D eigenvalue weighted by molar-refractivity contribution is 6.30. The normalized spacial score (nSPS) is 10.4. The zero-order valence-electron chi connectivity index (χ0n) is 8.88. The van der Waals surface area contributed by atoms with Crippen molar-refractivity contribution in [2.24, 2.45) is 0 Å². The van der Waals surface area contributed by atoms with Gasteiger partial charge in [0.15, 0.2) is 5.82 Å². The van der Waals surface area contributed by atoms with Gasteiger partial charge in [0.05, 0.1) is 6.42 Å². The number of aromatic nitrogens is 3. The number of rotatable bonds is 4. The highest BCUT2D eigenvalue weighted by Crippen LogP contribution is 2.19. The minimum Gasteiger partial charge on any atom is -0.481 e. The van der Waals surface area contributed by atoms with E-state index >= 15 is 0 Å². The van der Waals surface area contributed by atoms with Gasteiger partial charge >= 0.3 is 5.97 Å². The topological polar surface area (TPSA) is 68.0 Å². The first-order valence-corrected chi connectivity index (χ1v) is 5.40. The van der Waals surface area contributed by atoms with Crippen molar-refractivity contribution >= 4 is 17.6 Å². The molecule has 0 saturated carbocycles. The molecule has 0 radical (unpaired) electrons. The molecular formula is C11H10ClN3O2. The van der Waals surface area contributed by atoms with E-state index in [1.165, 1.54) is 6.33 Å². The average Bonchev–Trinajstić information content (AvgIpc) is 2.75. The molecule has 0 bridgehead atoms. The molecule has 0 saturated heterocycles. The summed E-state index contributed by atoms with van der Waals surface area (Å²) < 4.78 is 1.71. The third-order valence-corrected chi connectivity index (χ3v) is 2.54. The lowest BCUT2D eigenvalue weighted by Crippen LogP contribution is -2.05. The van der Waals surface area contributed by atoms with Crippen LogP contribution in [0.2, 0.25) is 5.02 Å². The Morgan fingerprint density at radius 2 is 2.06 bits per heavy atom. The van der Waals surface area contributed by atoms with E-state index in [4.69, 9.17) is 16.7 Å². The molecule has 0 amide bonds. The van der Waals surface area contributed by atoms with Crippen LogP contribution in [0.5, 0.6) is 0 Å². The van der Waals surface area contributed by atoms with Crippen LogP contribution in [0.1, 0.15) is 6.42 Å². The zero-order valence-corrected chi connectivity index (χ0v) is 9.63. The molecule has 0 aliphatic rings. The van der Waals surface area contributed by atoms with Crippen molar-refractivity contribution in [2.75, 3.05) is 0 Å². The van der Waals surface area contributed by atoms with Gasteiger partial charge < -0.3 is 9.67 Å². The van der Waals surface area contributed by atoms with E-state index in [2.05, 4.69) is 10.2 Å². The standard InChI is InChI=1S/C11H10ClN3O2/c12-9-3-1-8(2-4-9)11-14-13-7-15(11)6-5-10(16)17/h1-4,7H,5-6H2,(H,16,17). The number of aliphatic carboxylic acids is 1. The fourth-order valence-corrected chi connectivity index (χ4v) is 1.58. The molecule has 1 aromatic carbocycles. The summed E-state index contributed by atoms with van der Waals surface area (Å²) in [6.45, 7) is 0.348. The van der Waals surface area contributed by atoms with E-state index in [1.54, 1.807) is 16.7 Å². The molecule has 2 rings (SSSR count). The fraction of sp³-hybridized carbons (Fsp3) is 0.182. The quantitative estimate of drug-likeness (QED) is 0.903. The van der Waals surface area contributed by atoms with Crippen molar-refractivity contribution in [3.05, 3.63) is 35.6 Å². The largest absolute Gasteiger partial charge is 0.481 e. The van der Waals surface area contributed by atoms with Crippen molar-refractivity contribution in [3.8, 4) is 11.4 Å². The Morgan fingerprint density at radius 1 is 1.35 bits per heavy atom. The van der Waals surface area contributed by atoms with Gasteiger partial charge in [-0.25, -0.2) is 0 Å². The van der Waals surface area contributed by atoms with Gasteiger partial charge in [0, 0.05) is 17.1 Å². The van der Waals surface area contributed by atoms with E-state index in [0.717, 1.165) is 5.56 Å². The van der Waals surface area contributed by atoms with Crippen LogP contribution >= 0.6 is 11.6 Å². The molecule has 0 unspecified atom stereocenters. The maximum Gasteiger partial charge on any atom is 0.305 e. The lowest BCUT2D eigenvalue weighted by atomic mass is 10.2. The molecule has 2 aromatic rings. The van der Waals surface area contributed by atoms with E-state index in [0.29, 0.717) is 17.4 Å². The summed E-state index contributed by atoms with van der Waals surface area (Å²) in [4.78, 5) is 10.5. The Hall–Kier alpha value is -1.88. The van der Waals surface area contributed by atoms with E-state index < -0.39 is 5.97 Å². The predicted octanol–water partition coefficient (Wildman–Crippen LogP) is 2.07. The van der Waals surface area contributed by atoms with Crippen LogP contribution in [0.4, 0.5) is 0 Å². The van der Waals surface area contributed by atoms with Crippen LogP contribution in [-0.2, 0) is 11.3 Å². The van der Waals surface area contributed by atoms with E-state index in [9.17, 15) is 4.79 Å². The number of nitrogens with zero attached hydrogens (tertiary/aromatic N) is 3. The molecule has 1 aromatic heterocycles. The number of halogens is 1. The molecule has 0 aliphatic carbocycles. The molecule has 1 heterocycles. The van der Waals surface area contributed by atoms with Crippen molar-refractivity contribution < 1.29 is 9.90 Å². The first-order chi connectivity index (χ1) is 8.16. The highest BCUT2D eigenvalue weighted by atomic mass is 35.5. The lowest BCUT2D eigenvalue weighted by molar-refractivity contribution is -0.137. The maximum absolute atomic E-state index is 10.5. The number of hydrogen-bond donors (Lipinski definition) is 1. The van der Waals surface area contributed by atoms with Crippen LogP contribution in [0, 0.1) is 0 Å². The van der Waals surface area contributed by atoms with Crippen LogP contribution in [0.3, 0.4) is 0 Å². The molecule has 0 aliphatic heterocycles. The van der Waals surface area contributed by atoms with Gasteiger partial charge in [-0.3, -0.25) is 4.79 Å². The van der Waals surface area contributed by atoms with Crippen LogP contribution in [-0.4, -0.2) is 25.8 Å². The second kappa shape index (κ2) is 4.97. The molecule has 88 valence electrons. The van der Waals surface area contributed by atoms with Gasteiger partial charge in [-0.05, 0) is 24.3 Å². The highest BCUT2D eigenvalue weighted by Gasteiger charge is 2.08. The summed E-state index contributed by atoms with van der Waals surface area (Å²) in [5.74, 6) is -0.205. The molecule has 1 N–H and O–H groups in total. The molecule has 6 heteroatoms. The Morgan fingerprint density at radius 3 is 2.71 bits per heavy atom. The average molecular weight is 252 g/mol. The van der Waals surface area contributed by atoms with E-state index in [-0.39, 0.29) is 6.42 Å². The number of aryl methyl sites for hydroxylation is 1. The van der Waals surface area contributed by atoms with Gasteiger partial charge in [-0.15, -0.1) is 10.2 Å².